The molecular weight excluding hydrogens is 533 g/mol. The van der Waals surface area contributed by atoms with E-state index in [2.05, 4.69) is 62.7 Å². The number of esters is 1. The molecule has 0 bridgehead atoms. The zero-order valence-corrected chi connectivity index (χ0v) is 22.3. The molecule has 1 unspecified atom stereocenters. The first-order valence-corrected chi connectivity index (χ1v) is 14.2. The summed E-state index contributed by atoms with van der Waals surface area (Å²) >= 11 is 5.01. The van der Waals surface area contributed by atoms with Crippen LogP contribution in [0.5, 0.6) is 0 Å². The quantitative estimate of drug-likeness (QED) is 0.288. The number of ether oxygens (including phenoxy) is 2. The van der Waals surface area contributed by atoms with Crippen LogP contribution in [0.2, 0.25) is 0 Å². The van der Waals surface area contributed by atoms with Gasteiger partial charge >= 0.3 is 5.97 Å². The maximum absolute atomic E-state index is 12.5. The van der Waals surface area contributed by atoms with Crippen molar-refractivity contribution in [1.82, 2.24) is 9.34 Å². The third kappa shape index (κ3) is 4.18. The van der Waals surface area contributed by atoms with E-state index >= 15 is 0 Å². The monoisotopic (exact) mass is 557 g/mol. The molecule has 1 saturated heterocycles. The lowest BCUT2D eigenvalue weighted by molar-refractivity contribution is 0.0606. The second kappa shape index (κ2) is 9.80. The lowest BCUT2D eigenvalue weighted by Gasteiger charge is -2.47. The zero-order chi connectivity index (χ0) is 23.7. The zero-order valence-electron chi connectivity index (χ0n) is 19.0. The van der Waals surface area contributed by atoms with Crippen LogP contribution in [0.15, 0.2) is 69.9 Å². The summed E-state index contributed by atoms with van der Waals surface area (Å²) in [4.78, 5) is 14.2. The average molecular weight is 558 g/mol. The van der Waals surface area contributed by atoms with Crippen molar-refractivity contribution in [3.05, 3.63) is 80.5 Å². The summed E-state index contributed by atoms with van der Waals surface area (Å²) in [5.74, 6) is -0.319. The van der Waals surface area contributed by atoms with Crippen LogP contribution in [0.3, 0.4) is 0 Å². The molecule has 3 heterocycles. The summed E-state index contributed by atoms with van der Waals surface area (Å²) < 4.78 is 22.1. The van der Waals surface area contributed by atoms with Gasteiger partial charge in [0.1, 0.15) is 4.88 Å². The summed E-state index contributed by atoms with van der Waals surface area (Å²) in [5.41, 5.74) is 3.11. The van der Waals surface area contributed by atoms with Gasteiger partial charge in [-0.15, -0.1) is 11.3 Å². The second-order valence-corrected chi connectivity index (χ2v) is 13.0. The van der Waals surface area contributed by atoms with Crippen molar-refractivity contribution < 1.29 is 14.3 Å². The van der Waals surface area contributed by atoms with Crippen molar-refractivity contribution in [2.24, 2.45) is 4.74 Å². The molecule has 3 aromatic rings. The van der Waals surface area contributed by atoms with Gasteiger partial charge in [0.25, 0.3) is 0 Å². The Hall–Kier alpha value is -2.22. The van der Waals surface area contributed by atoms with Gasteiger partial charge < -0.3 is 14.1 Å². The highest BCUT2D eigenvalue weighted by Crippen LogP contribution is 2.63. The van der Waals surface area contributed by atoms with Crippen molar-refractivity contribution >= 4 is 63.4 Å². The van der Waals surface area contributed by atoms with Crippen molar-refractivity contribution in [3.63, 3.8) is 0 Å². The third-order valence-electron chi connectivity index (χ3n) is 6.02. The first kappa shape index (κ1) is 23.5. The topological polar surface area (TPSA) is 54.4 Å². The Morgan fingerprint density at radius 3 is 2.50 bits per heavy atom. The van der Waals surface area contributed by atoms with Gasteiger partial charge in [-0.25, -0.2) is 14.2 Å². The number of carbonyl (C=O) groups is 1. The molecule has 176 valence electrons. The van der Waals surface area contributed by atoms with Gasteiger partial charge in [-0.05, 0) is 42.0 Å². The summed E-state index contributed by atoms with van der Waals surface area (Å²) in [6.07, 6.45) is 2.18. The van der Waals surface area contributed by atoms with E-state index in [0.29, 0.717) is 18.1 Å². The highest BCUT2D eigenvalue weighted by atomic mass is 79.9. The van der Waals surface area contributed by atoms with Crippen LogP contribution in [0, 0.1) is 0 Å². The fraction of sp³-hybridized carbons (Fsp3) is 0.240. The van der Waals surface area contributed by atoms with Crippen LogP contribution in [-0.2, 0) is 9.47 Å². The largest absolute Gasteiger partial charge is 0.465 e. The molecule has 2 aliphatic heterocycles. The van der Waals surface area contributed by atoms with E-state index in [-0.39, 0.29) is 5.97 Å². The van der Waals surface area contributed by atoms with Crippen LogP contribution in [0.1, 0.15) is 20.1 Å². The highest BCUT2D eigenvalue weighted by Gasteiger charge is 2.42. The van der Waals surface area contributed by atoms with Gasteiger partial charge in [0, 0.05) is 34.8 Å². The number of rotatable bonds is 4. The van der Waals surface area contributed by atoms with Crippen molar-refractivity contribution in [1.29, 1.82) is 0 Å². The number of thiophene rings is 1. The average Bonchev–Trinajstić information content (AvgIpc) is 3.32. The molecule has 1 fully saturated rings. The first-order chi connectivity index (χ1) is 16.5. The number of benzene rings is 2. The van der Waals surface area contributed by atoms with Crippen molar-refractivity contribution in [2.75, 3.05) is 40.5 Å². The van der Waals surface area contributed by atoms with Gasteiger partial charge in [-0.2, -0.15) is 0 Å². The second-order valence-electron chi connectivity index (χ2n) is 7.98. The fourth-order valence-electron chi connectivity index (χ4n) is 4.37. The molecule has 0 radical (unpaired) electrons. The van der Waals surface area contributed by atoms with E-state index in [1.807, 2.05) is 36.4 Å². The Morgan fingerprint density at radius 2 is 1.82 bits per heavy atom. The number of hydrogen-bond donors (Lipinski definition) is 0. The number of nitrogens with zero attached hydrogens (tertiary/aromatic N) is 3. The molecule has 2 aliphatic rings. The van der Waals surface area contributed by atoms with Crippen LogP contribution in [-0.4, -0.2) is 55.8 Å². The molecule has 0 amide bonds. The predicted molar refractivity (Wildman–Crippen MR) is 143 cm³/mol. The highest BCUT2D eigenvalue weighted by molar-refractivity contribution is 9.10. The SMILES string of the molecule is COC(=O)c1cc2c(s1)C=C(c1ccccc1)N(C)P2(=Nc1ccc(Br)cc1)N1CCOCC1. The molecule has 34 heavy (non-hydrogen) atoms. The predicted octanol–water partition coefficient (Wildman–Crippen LogP) is 6.06. The van der Waals surface area contributed by atoms with E-state index in [1.165, 1.54) is 18.4 Å². The van der Waals surface area contributed by atoms with Gasteiger partial charge in [-0.1, -0.05) is 46.3 Å². The van der Waals surface area contributed by atoms with Crippen molar-refractivity contribution in [3.8, 4) is 0 Å². The molecule has 0 aliphatic carbocycles. The van der Waals surface area contributed by atoms with E-state index < -0.39 is 7.36 Å². The third-order valence-corrected chi connectivity index (χ3v) is 11.5. The molecule has 0 saturated carbocycles. The number of morpholine rings is 1. The normalized spacial score (nSPS) is 20.4. The standard InChI is InChI=1S/C25H25BrN3O3PS/c1-28-21(18-6-4-3-5-7-18)16-23-22(17-24(34-23)25(30)31-2)33(28,29-12-14-32-15-13-29)27-20-10-8-19(26)9-11-20/h3-11,16-17H,12-15H2,1-2H3. The van der Waals surface area contributed by atoms with Gasteiger partial charge in [0.15, 0.2) is 7.36 Å². The number of methoxy groups -OCH3 is 1. The molecule has 0 spiro atoms. The number of carbonyl (C=O) groups excluding carboxylic acids is 1. The molecule has 9 heteroatoms. The van der Waals surface area contributed by atoms with Crippen LogP contribution < -0.4 is 5.30 Å². The minimum atomic E-state index is -2.50. The smallest absolute Gasteiger partial charge is 0.348 e. The van der Waals surface area contributed by atoms with Crippen LogP contribution in [0.4, 0.5) is 5.69 Å². The molecule has 2 aromatic carbocycles. The molecule has 1 atom stereocenters. The maximum atomic E-state index is 12.5. The fourth-order valence-corrected chi connectivity index (χ4v) is 9.83. The minimum absolute atomic E-state index is 0.319. The Bertz CT molecular complexity index is 1280. The van der Waals surface area contributed by atoms with E-state index in [9.17, 15) is 4.79 Å². The number of hydrogen-bond acceptors (Lipinski definition) is 5. The van der Waals surface area contributed by atoms with Crippen LogP contribution in [0.25, 0.3) is 11.8 Å². The Kier molecular flexibility index (Phi) is 6.78. The molecule has 1 aromatic heterocycles. The summed E-state index contributed by atoms with van der Waals surface area (Å²) in [6, 6.07) is 20.5. The van der Waals surface area contributed by atoms with Gasteiger partial charge in [-0.3, -0.25) is 0 Å². The Morgan fingerprint density at radius 1 is 1.12 bits per heavy atom. The summed E-state index contributed by atoms with van der Waals surface area (Å²) in [5, 5.41) is 1.09. The number of fused-ring (bicyclic) bond motifs is 1. The summed E-state index contributed by atoms with van der Waals surface area (Å²) in [6.45, 7) is 2.84. The maximum Gasteiger partial charge on any atom is 0.348 e. The Balaban J connectivity index is 1.81. The molecule has 0 N–H and O–H groups in total. The van der Waals surface area contributed by atoms with E-state index in [1.54, 1.807) is 0 Å². The first-order valence-electron chi connectivity index (χ1n) is 11.0. The summed E-state index contributed by atoms with van der Waals surface area (Å²) in [7, 11) is 1.05. The molecule has 6 nitrogen and oxygen atoms in total. The van der Waals surface area contributed by atoms with Gasteiger partial charge in [0.05, 0.1) is 31.7 Å². The van der Waals surface area contributed by atoms with Gasteiger partial charge in [0.2, 0.25) is 0 Å². The van der Waals surface area contributed by atoms with E-state index in [0.717, 1.165) is 44.7 Å². The van der Waals surface area contributed by atoms with E-state index in [4.69, 9.17) is 14.2 Å². The minimum Gasteiger partial charge on any atom is -0.465 e. The number of halogens is 1. The van der Waals surface area contributed by atoms with Crippen molar-refractivity contribution in [2.45, 2.75) is 0 Å². The lowest BCUT2D eigenvalue weighted by atomic mass is 10.1. The molecular formula is C25H25BrN3O3PS. The lowest BCUT2D eigenvalue weighted by Crippen LogP contribution is -2.42. The molecule has 5 rings (SSSR count). The Labute approximate surface area is 212 Å². The van der Waals surface area contributed by atoms with Crippen LogP contribution >= 0.6 is 34.6 Å².